The van der Waals surface area contributed by atoms with Crippen molar-refractivity contribution < 1.29 is 23.1 Å². The van der Waals surface area contributed by atoms with E-state index in [1.54, 1.807) is 19.1 Å². The maximum Gasteiger partial charge on any atom is 0.392 e. The fraction of sp³-hybridized carbons (Fsp3) is 0.417. The molecular weight excluding hydrogens is 233 g/mol. The van der Waals surface area contributed by atoms with Crippen molar-refractivity contribution in [1.29, 1.82) is 0 Å². The summed E-state index contributed by atoms with van der Waals surface area (Å²) in [4.78, 5) is 11.7. The molecule has 17 heavy (non-hydrogen) atoms. The first-order valence-corrected chi connectivity index (χ1v) is 5.02. The van der Waals surface area contributed by atoms with Gasteiger partial charge in [0.05, 0.1) is 6.42 Å². The van der Waals surface area contributed by atoms with Crippen LogP contribution in [0.3, 0.4) is 0 Å². The van der Waals surface area contributed by atoms with Gasteiger partial charge in [-0.05, 0) is 13.8 Å². The quantitative estimate of drug-likeness (QED) is 0.832. The maximum atomic E-state index is 12.2. The number of hydrogen-bond donors (Lipinski definition) is 1. The number of aliphatic hydroxyl groups is 1. The Balaban J connectivity index is 2.92. The molecule has 1 atom stereocenters. The molecule has 0 fully saturated rings. The number of carbonyl (C=O) groups excluding carboxylic acids is 1. The van der Waals surface area contributed by atoms with Crippen molar-refractivity contribution >= 4 is 5.78 Å². The molecule has 0 amide bonds. The van der Waals surface area contributed by atoms with Gasteiger partial charge in [0.2, 0.25) is 0 Å². The summed E-state index contributed by atoms with van der Waals surface area (Å²) in [5.41, 5.74) is -1.46. The van der Waals surface area contributed by atoms with Gasteiger partial charge in [-0.2, -0.15) is 13.2 Å². The molecule has 1 aromatic carbocycles. The summed E-state index contributed by atoms with van der Waals surface area (Å²) in [6, 6.07) is 6.03. The molecule has 1 rings (SSSR count). The van der Waals surface area contributed by atoms with Gasteiger partial charge in [-0.3, -0.25) is 4.79 Å². The van der Waals surface area contributed by atoms with E-state index in [1.807, 2.05) is 0 Å². The topological polar surface area (TPSA) is 37.3 Å². The number of carbonyl (C=O) groups is 1. The Kier molecular flexibility index (Phi) is 3.62. The zero-order chi connectivity index (χ0) is 13.3. The van der Waals surface area contributed by atoms with Gasteiger partial charge in [0.15, 0.2) is 5.78 Å². The molecule has 0 bridgehead atoms. The lowest BCUT2D eigenvalue weighted by molar-refractivity contribution is -0.163. The first-order valence-electron chi connectivity index (χ1n) is 5.02. The number of benzene rings is 1. The largest absolute Gasteiger partial charge is 0.392 e. The average molecular weight is 246 g/mol. The highest BCUT2D eigenvalue weighted by Gasteiger charge is 2.43. The van der Waals surface area contributed by atoms with Crippen LogP contribution in [-0.2, 0) is 0 Å². The van der Waals surface area contributed by atoms with E-state index in [0.29, 0.717) is 0 Å². The van der Waals surface area contributed by atoms with Gasteiger partial charge in [0.25, 0.3) is 0 Å². The minimum atomic E-state index is -4.58. The molecule has 0 spiro atoms. The summed E-state index contributed by atoms with van der Waals surface area (Å²) in [5, 5.41) is 9.57. The van der Waals surface area contributed by atoms with E-state index in [1.165, 1.54) is 12.1 Å². The molecular formula is C12H13F3O2. The Bertz CT molecular complexity index is 405. The van der Waals surface area contributed by atoms with Crippen LogP contribution in [0.25, 0.3) is 0 Å². The van der Waals surface area contributed by atoms with E-state index in [9.17, 15) is 23.1 Å². The smallest absolute Gasteiger partial charge is 0.382 e. The van der Waals surface area contributed by atoms with Crippen molar-refractivity contribution in [2.45, 2.75) is 32.0 Å². The Morgan fingerprint density at radius 3 is 2.12 bits per heavy atom. The second-order valence-corrected chi connectivity index (χ2v) is 4.26. The normalized spacial score (nSPS) is 15.4. The average Bonchev–Trinajstić information content (AvgIpc) is 2.14. The Hall–Kier alpha value is -1.36. The summed E-state index contributed by atoms with van der Waals surface area (Å²) in [5.74, 6) is -0.921. The van der Waals surface area contributed by atoms with Crippen molar-refractivity contribution in [2.24, 2.45) is 0 Å². The number of rotatable bonds is 3. The number of ketones is 1. The molecule has 5 heteroatoms. The van der Waals surface area contributed by atoms with Crippen molar-refractivity contribution in [3.05, 3.63) is 35.4 Å². The Labute approximate surface area is 97.1 Å². The highest BCUT2D eigenvalue weighted by molar-refractivity contribution is 6.02. The molecule has 1 N–H and O–H groups in total. The Morgan fingerprint density at radius 1 is 1.24 bits per heavy atom. The van der Waals surface area contributed by atoms with Gasteiger partial charge in [-0.15, -0.1) is 0 Å². The zero-order valence-corrected chi connectivity index (χ0v) is 9.51. The predicted molar refractivity (Wildman–Crippen MR) is 56.8 cm³/mol. The number of halogens is 3. The van der Waals surface area contributed by atoms with Gasteiger partial charge >= 0.3 is 6.18 Å². The van der Waals surface area contributed by atoms with Crippen LogP contribution in [0.15, 0.2) is 24.3 Å². The van der Waals surface area contributed by atoms with Gasteiger partial charge in [-0.25, -0.2) is 0 Å². The molecule has 0 heterocycles. The summed E-state index contributed by atoms with van der Waals surface area (Å²) < 4.78 is 36.5. The minimum absolute atomic E-state index is 0.0739. The molecule has 0 aliphatic rings. The summed E-state index contributed by atoms with van der Waals surface area (Å²) in [6.45, 7) is 2.67. The molecule has 0 aliphatic heterocycles. The van der Waals surface area contributed by atoms with Crippen molar-refractivity contribution in [3.8, 4) is 0 Å². The van der Waals surface area contributed by atoms with Gasteiger partial charge in [0, 0.05) is 5.56 Å². The third kappa shape index (κ3) is 3.85. The highest BCUT2D eigenvalue weighted by atomic mass is 19.4. The molecule has 94 valence electrons. The van der Waals surface area contributed by atoms with Crippen LogP contribution in [0.1, 0.15) is 29.3 Å². The zero-order valence-electron chi connectivity index (χ0n) is 9.51. The number of alkyl halides is 3. The van der Waals surface area contributed by atoms with Gasteiger partial charge in [0.1, 0.15) is 5.60 Å². The SMILES string of the molecule is Cc1ccc(C(=O)C(C)(O)CC(F)(F)F)cc1. The molecule has 0 aromatic heterocycles. The molecule has 1 aromatic rings. The van der Waals surface area contributed by atoms with E-state index < -0.39 is 24.0 Å². The van der Waals surface area contributed by atoms with E-state index in [-0.39, 0.29) is 5.56 Å². The predicted octanol–water partition coefficient (Wildman–Crippen LogP) is 2.88. The molecule has 2 nitrogen and oxygen atoms in total. The van der Waals surface area contributed by atoms with Crippen LogP contribution < -0.4 is 0 Å². The first kappa shape index (κ1) is 13.7. The third-order valence-electron chi connectivity index (χ3n) is 2.35. The van der Waals surface area contributed by atoms with Crippen molar-refractivity contribution in [1.82, 2.24) is 0 Å². The molecule has 0 aliphatic carbocycles. The fourth-order valence-electron chi connectivity index (χ4n) is 1.49. The summed E-state index contributed by atoms with van der Waals surface area (Å²) >= 11 is 0. The second-order valence-electron chi connectivity index (χ2n) is 4.26. The third-order valence-corrected chi connectivity index (χ3v) is 2.35. The summed E-state index contributed by atoms with van der Waals surface area (Å²) in [7, 11) is 0. The van der Waals surface area contributed by atoms with Crippen molar-refractivity contribution in [2.75, 3.05) is 0 Å². The lowest BCUT2D eigenvalue weighted by Gasteiger charge is -2.23. The molecule has 0 radical (unpaired) electrons. The Morgan fingerprint density at radius 2 is 1.71 bits per heavy atom. The van der Waals surface area contributed by atoms with Crippen LogP contribution in [-0.4, -0.2) is 22.7 Å². The van der Waals surface area contributed by atoms with Crippen molar-refractivity contribution in [3.63, 3.8) is 0 Å². The standard InChI is InChI=1S/C12H13F3O2/c1-8-3-5-9(6-4-8)10(16)11(2,17)7-12(13,14)15/h3-6,17H,7H2,1-2H3. The molecule has 0 saturated heterocycles. The lowest BCUT2D eigenvalue weighted by Crippen LogP contribution is -2.39. The van der Waals surface area contributed by atoms with Crippen LogP contribution in [0.4, 0.5) is 13.2 Å². The van der Waals surface area contributed by atoms with Crippen LogP contribution in [0.2, 0.25) is 0 Å². The van der Waals surface area contributed by atoms with E-state index >= 15 is 0 Å². The lowest BCUT2D eigenvalue weighted by atomic mass is 9.91. The molecule has 1 unspecified atom stereocenters. The minimum Gasteiger partial charge on any atom is -0.382 e. The van der Waals surface area contributed by atoms with Crippen LogP contribution in [0.5, 0.6) is 0 Å². The van der Waals surface area contributed by atoms with E-state index in [4.69, 9.17) is 0 Å². The van der Waals surface area contributed by atoms with Gasteiger partial charge in [-0.1, -0.05) is 29.8 Å². The van der Waals surface area contributed by atoms with E-state index in [2.05, 4.69) is 0 Å². The fourth-order valence-corrected chi connectivity index (χ4v) is 1.49. The van der Waals surface area contributed by atoms with Crippen LogP contribution in [0, 0.1) is 6.92 Å². The van der Waals surface area contributed by atoms with Crippen LogP contribution >= 0.6 is 0 Å². The molecule has 0 saturated carbocycles. The maximum absolute atomic E-state index is 12.2. The van der Waals surface area contributed by atoms with Gasteiger partial charge < -0.3 is 5.11 Å². The highest BCUT2D eigenvalue weighted by Crippen LogP contribution is 2.29. The first-order chi connectivity index (χ1) is 7.62. The number of Topliss-reactive ketones (excluding diaryl/α,β-unsaturated/α-hetero) is 1. The van der Waals surface area contributed by atoms with E-state index in [0.717, 1.165) is 12.5 Å². The summed E-state index contributed by atoms with van der Waals surface area (Å²) in [6.07, 6.45) is -6.13. The second kappa shape index (κ2) is 4.49. The monoisotopic (exact) mass is 246 g/mol. The number of hydrogen-bond acceptors (Lipinski definition) is 2. The number of aryl methyl sites for hydroxylation is 1.